The Kier molecular flexibility index (Phi) is 13.8. The van der Waals surface area contributed by atoms with Gasteiger partial charge >= 0.3 is 0 Å². The molecule has 0 aliphatic carbocycles. The van der Waals surface area contributed by atoms with Gasteiger partial charge in [0.05, 0.1) is 38.6 Å². The number of amides is 1. The summed E-state index contributed by atoms with van der Waals surface area (Å²) in [6.45, 7) is 15.0. The predicted molar refractivity (Wildman–Crippen MR) is 131 cm³/mol. The van der Waals surface area contributed by atoms with Crippen LogP contribution >= 0.6 is 0 Å². The van der Waals surface area contributed by atoms with E-state index in [9.17, 15) is 17.8 Å². The van der Waals surface area contributed by atoms with Gasteiger partial charge in [0, 0.05) is 0 Å². The van der Waals surface area contributed by atoms with E-state index < -0.39 is 22.3 Å². The maximum absolute atomic E-state index is 11.1. The van der Waals surface area contributed by atoms with Crippen LogP contribution in [0.4, 0.5) is 0 Å². The highest BCUT2D eigenvalue weighted by Gasteiger charge is 2.40. The van der Waals surface area contributed by atoms with Crippen LogP contribution in [0, 0.1) is 0 Å². The van der Waals surface area contributed by atoms with Crippen molar-refractivity contribution < 1.29 is 26.5 Å². The Morgan fingerprint density at radius 1 is 0.879 bits per heavy atom. The lowest BCUT2D eigenvalue weighted by Crippen LogP contribution is -2.50. The first-order chi connectivity index (χ1) is 15.7. The summed E-state index contributed by atoms with van der Waals surface area (Å²) in [6.07, 6.45) is 11.2. The van der Waals surface area contributed by atoms with Crippen LogP contribution < -0.4 is 0 Å². The van der Waals surface area contributed by atoms with E-state index in [1.54, 1.807) is 30.3 Å². The quantitative estimate of drug-likeness (QED) is 0.145. The second kappa shape index (κ2) is 15.4. The van der Waals surface area contributed by atoms with Crippen LogP contribution in [0.3, 0.4) is 0 Å². The number of rotatable bonds is 15. The van der Waals surface area contributed by atoms with Crippen LogP contribution in [0.25, 0.3) is 0 Å². The molecular formula is C25H44N2O5S. The van der Waals surface area contributed by atoms with Gasteiger partial charge in [-0.05, 0) is 31.2 Å². The number of quaternary nitrogens is 1. The van der Waals surface area contributed by atoms with E-state index in [2.05, 4.69) is 32.0 Å². The summed E-state index contributed by atoms with van der Waals surface area (Å²) in [4.78, 5) is 11.1. The smallest absolute Gasteiger partial charge is 0.250 e. The molecule has 190 valence electrons. The van der Waals surface area contributed by atoms with Crippen LogP contribution in [0.1, 0.15) is 97.1 Å². The van der Waals surface area contributed by atoms with E-state index in [1.807, 2.05) is 0 Å². The van der Waals surface area contributed by atoms with E-state index in [1.165, 1.54) is 82.0 Å². The van der Waals surface area contributed by atoms with Gasteiger partial charge < -0.3 is 9.04 Å². The number of unbranched alkanes of at least 4 members (excludes halogenated alkanes) is 4. The summed E-state index contributed by atoms with van der Waals surface area (Å²) in [7, 11) is -4.90. The molecule has 7 nitrogen and oxygen atoms in total. The van der Waals surface area contributed by atoms with Crippen molar-refractivity contribution in [2.24, 2.45) is 0 Å². The summed E-state index contributed by atoms with van der Waals surface area (Å²) in [6, 6.07) is 8.25. The summed E-state index contributed by atoms with van der Waals surface area (Å²) < 4.78 is 36.6. The molecule has 1 aliphatic heterocycles. The second-order valence-electron chi connectivity index (χ2n) is 8.98. The topological polar surface area (TPSA) is 86.7 Å². The highest BCUT2D eigenvalue weighted by molar-refractivity contribution is 7.80. The Hall–Kier alpha value is -1.48. The Morgan fingerprint density at radius 3 is 1.64 bits per heavy atom. The van der Waals surface area contributed by atoms with Gasteiger partial charge in [-0.1, -0.05) is 83.7 Å². The van der Waals surface area contributed by atoms with Crippen molar-refractivity contribution in [1.82, 2.24) is 5.06 Å². The first-order valence-corrected chi connectivity index (χ1v) is 13.9. The van der Waals surface area contributed by atoms with Crippen molar-refractivity contribution in [3.05, 3.63) is 35.9 Å². The van der Waals surface area contributed by atoms with Gasteiger partial charge in [0.15, 0.2) is 0 Å². The zero-order chi connectivity index (χ0) is 24.7. The molecule has 33 heavy (non-hydrogen) atoms. The van der Waals surface area contributed by atoms with Crippen LogP contribution in [-0.2, 0) is 19.5 Å². The normalized spacial score (nSPS) is 16.2. The van der Waals surface area contributed by atoms with Gasteiger partial charge in [0.1, 0.15) is 0 Å². The van der Waals surface area contributed by atoms with Crippen molar-refractivity contribution in [2.45, 2.75) is 91.5 Å². The fourth-order valence-corrected chi connectivity index (χ4v) is 4.55. The number of carbonyl (C=O) groups is 1. The van der Waals surface area contributed by atoms with E-state index in [0.717, 1.165) is 5.56 Å². The molecule has 1 heterocycles. The van der Waals surface area contributed by atoms with E-state index in [0.29, 0.717) is 5.06 Å². The molecule has 1 unspecified atom stereocenters. The maximum atomic E-state index is 11.1. The summed E-state index contributed by atoms with van der Waals surface area (Å²) in [5.41, 5.74) is 0.728. The minimum Gasteiger partial charge on any atom is -0.724 e. The van der Waals surface area contributed by atoms with Crippen LogP contribution in [0.2, 0.25) is 0 Å². The van der Waals surface area contributed by atoms with Crippen molar-refractivity contribution >= 4 is 16.3 Å². The number of benzene rings is 1. The third kappa shape index (κ3) is 11.0. The molecule has 1 atom stereocenters. The number of β-lactam (4-membered cyclic amide) rings is 1. The molecule has 1 fully saturated rings. The Bertz CT molecular complexity index is 733. The van der Waals surface area contributed by atoms with Gasteiger partial charge in [-0.15, -0.1) is 0 Å². The average Bonchev–Trinajstić information content (AvgIpc) is 2.80. The molecule has 0 aromatic heterocycles. The summed E-state index contributed by atoms with van der Waals surface area (Å²) in [5.74, 6) is -0.520. The number of nitrogens with zero attached hydrogens (tertiary/aromatic N) is 2. The molecule has 2 rings (SSSR count). The van der Waals surface area contributed by atoms with Crippen molar-refractivity contribution in [2.75, 3.05) is 26.2 Å². The van der Waals surface area contributed by atoms with Gasteiger partial charge in [0.25, 0.3) is 0 Å². The largest absolute Gasteiger partial charge is 0.724 e. The molecule has 0 bridgehead atoms. The number of hydrogen-bond acceptors (Lipinski definition) is 5. The molecule has 1 aromatic carbocycles. The van der Waals surface area contributed by atoms with E-state index >= 15 is 0 Å². The standard InChI is InChI=1S/C16H36N.C9H9NO5S/c1-5-9-13-17(14-10-6-2,15-11-7-3)16-12-8-4;11-9-6-8(7-4-2-1-3-5-7)10(9)15-16(12,13)14/h5-16H2,1-4H3;1-5,8H,6H2,(H,12,13,14)/q+1;/p-1. The van der Waals surface area contributed by atoms with Crippen LogP contribution in [0.15, 0.2) is 30.3 Å². The zero-order valence-corrected chi connectivity index (χ0v) is 21.8. The molecule has 0 N–H and O–H groups in total. The van der Waals surface area contributed by atoms with Crippen molar-refractivity contribution in [1.29, 1.82) is 0 Å². The lowest BCUT2D eigenvalue weighted by atomic mass is 9.97. The van der Waals surface area contributed by atoms with Gasteiger partial charge in [-0.3, -0.25) is 4.79 Å². The average molecular weight is 485 g/mol. The van der Waals surface area contributed by atoms with Gasteiger partial charge in [-0.2, -0.15) is 9.35 Å². The monoisotopic (exact) mass is 484 g/mol. The molecular weight excluding hydrogens is 440 g/mol. The van der Waals surface area contributed by atoms with Crippen LogP contribution in [0.5, 0.6) is 0 Å². The van der Waals surface area contributed by atoms with Gasteiger partial charge in [-0.25, -0.2) is 8.42 Å². The highest BCUT2D eigenvalue weighted by atomic mass is 32.3. The molecule has 1 saturated heterocycles. The molecule has 0 spiro atoms. The van der Waals surface area contributed by atoms with E-state index in [-0.39, 0.29) is 6.42 Å². The molecule has 1 aromatic rings. The Labute approximate surface area is 201 Å². The number of hydroxylamine groups is 2. The maximum Gasteiger partial charge on any atom is 0.250 e. The minimum atomic E-state index is -4.90. The molecule has 1 amide bonds. The third-order valence-corrected chi connectivity index (χ3v) is 6.54. The Morgan fingerprint density at radius 2 is 1.30 bits per heavy atom. The lowest BCUT2D eigenvalue weighted by Gasteiger charge is -2.39. The minimum absolute atomic E-state index is 0.138. The third-order valence-electron chi connectivity index (χ3n) is 6.20. The molecule has 0 saturated carbocycles. The second-order valence-corrected chi connectivity index (χ2v) is 9.95. The Balaban J connectivity index is 0.000000330. The first-order valence-electron chi connectivity index (χ1n) is 12.6. The fraction of sp³-hybridized carbons (Fsp3) is 0.720. The fourth-order valence-electron chi connectivity index (χ4n) is 4.16. The zero-order valence-electron chi connectivity index (χ0n) is 21.0. The predicted octanol–water partition coefficient (Wildman–Crippen LogP) is 5.36. The molecule has 0 radical (unpaired) electrons. The molecule has 1 aliphatic rings. The SMILES string of the molecule is CCCC[N+](CCCC)(CCCC)CCCC.O=C1CC(c2ccccc2)N1OS(=O)(=O)[O-]. The van der Waals surface area contributed by atoms with Crippen LogP contribution in [-0.4, -0.2) is 54.6 Å². The molecule has 8 heteroatoms. The number of hydrogen-bond donors (Lipinski definition) is 0. The number of carbonyl (C=O) groups excluding carboxylic acids is 1. The first kappa shape index (κ1) is 29.6. The highest BCUT2D eigenvalue weighted by Crippen LogP contribution is 2.34. The van der Waals surface area contributed by atoms with Gasteiger partial charge in [0.2, 0.25) is 16.3 Å². The van der Waals surface area contributed by atoms with Crippen molar-refractivity contribution in [3.63, 3.8) is 0 Å². The summed E-state index contributed by atoms with van der Waals surface area (Å²) in [5, 5.41) is 0.595. The van der Waals surface area contributed by atoms with Crippen molar-refractivity contribution in [3.8, 4) is 0 Å². The van der Waals surface area contributed by atoms with E-state index in [4.69, 9.17) is 0 Å². The summed E-state index contributed by atoms with van der Waals surface area (Å²) >= 11 is 0. The lowest BCUT2D eigenvalue weighted by molar-refractivity contribution is -0.929.